The normalized spacial score (nSPS) is 11.2. The molecule has 7 heteroatoms. The minimum Gasteiger partial charge on any atom is -0.277 e. The van der Waals surface area contributed by atoms with E-state index in [0.717, 1.165) is 50.1 Å². The van der Waals surface area contributed by atoms with Crippen LogP contribution in [0, 0.1) is 6.92 Å². The lowest BCUT2D eigenvalue weighted by Crippen LogP contribution is -1.91. The summed E-state index contributed by atoms with van der Waals surface area (Å²) in [5.74, 6) is 0. The topological polar surface area (TPSA) is 85.2 Å². The fourth-order valence-electron chi connectivity index (χ4n) is 3.40. The number of pyridine rings is 1. The number of aryl methyl sites for hydroxylation is 2. The van der Waals surface area contributed by atoms with Gasteiger partial charge >= 0.3 is 0 Å². The van der Waals surface area contributed by atoms with Crippen molar-refractivity contribution in [3.63, 3.8) is 0 Å². The number of hydrogen-bond donors (Lipinski definition) is 1. The van der Waals surface area contributed by atoms with Gasteiger partial charge in [-0.3, -0.25) is 14.8 Å². The number of aromatic nitrogens is 7. The lowest BCUT2D eigenvalue weighted by Gasteiger charge is -2.08. The lowest BCUT2D eigenvalue weighted by atomic mass is 10.0. The van der Waals surface area contributed by atoms with Gasteiger partial charge in [0.05, 0.1) is 29.3 Å². The van der Waals surface area contributed by atoms with Crippen LogP contribution in [-0.2, 0) is 7.05 Å². The van der Waals surface area contributed by atoms with Gasteiger partial charge in [-0.05, 0) is 36.2 Å². The van der Waals surface area contributed by atoms with E-state index in [4.69, 9.17) is 0 Å². The average molecular weight is 367 g/mol. The Morgan fingerprint density at radius 3 is 2.68 bits per heavy atom. The van der Waals surface area contributed by atoms with E-state index in [1.165, 1.54) is 0 Å². The summed E-state index contributed by atoms with van der Waals surface area (Å²) in [5, 5.41) is 12.6. The second kappa shape index (κ2) is 6.38. The molecule has 136 valence electrons. The van der Waals surface area contributed by atoms with Crippen LogP contribution >= 0.6 is 0 Å². The standard InChI is InChI=1S/C21H17N7/c1-13-5-15(8-22-7-13)20-18(10-25-27-20)21-17-4-3-14(6-19(17)23-12-24-21)16-9-26-28(2)11-16/h3-12H,1-2H3,(H,25,27). The van der Waals surface area contributed by atoms with E-state index in [-0.39, 0.29) is 0 Å². The number of aromatic amines is 1. The molecule has 1 aromatic carbocycles. The summed E-state index contributed by atoms with van der Waals surface area (Å²) in [5.41, 5.74) is 7.73. The molecule has 0 amide bonds. The molecule has 0 spiro atoms. The minimum absolute atomic E-state index is 0.841. The molecule has 0 radical (unpaired) electrons. The first-order valence-corrected chi connectivity index (χ1v) is 8.88. The van der Waals surface area contributed by atoms with Crippen LogP contribution in [0.15, 0.2) is 61.6 Å². The van der Waals surface area contributed by atoms with Crippen LogP contribution in [0.1, 0.15) is 5.56 Å². The summed E-state index contributed by atoms with van der Waals surface area (Å²) < 4.78 is 1.79. The van der Waals surface area contributed by atoms with Crippen LogP contribution in [-0.4, -0.2) is 34.9 Å². The van der Waals surface area contributed by atoms with Gasteiger partial charge in [0.15, 0.2) is 0 Å². The molecule has 0 fully saturated rings. The molecule has 0 aliphatic heterocycles. The number of nitrogens with one attached hydrogen (secondary N) is 1. The van der Waals surface area contributed by atoms with Crippen LogP contribution in [0.3, 0.4) is 0 Å². The van der Waals surface area contributed by atoms with Gasteiger partial charge in [0, 0.05) is 47.7 Å². The van der Waals surface area contributed by atoms with Crippen LogP contribution < -0.4 is 0 Å². The average Bonchev–Trinajstić information content (AvgIpc) is 3.36. The van der Waals surface area contributed by atoms with Gasteiger partial charge in [0.25, 0.3) is 0 Å². The van der Waals surface area contributed by atoms with Crippen molar-refractivity contribution in [2.45, 2.75) is 6.92 Å². The maximum Gasteiger partial charge on any atom is 0.116 e. The second-order valence-electron chi connectivity index (χ2n) is 6.77. The first-order chi connectivity index (χ1) is 13.7. The number of benzene rings is 1. The third kappa shape index (κ3) is 2.73. The van der Waals surface area contributed by atoms with Crippen molar-refractivity contribution in [1.82, 2.24) is 34.9 Å². The molecule has 5 aromatic rings. The summed E-state index contributed by atoms with van der Waals surface area (Å²) >= 11 is 0. The van der Waals surface area contributed by atoms with Crippen molar-refractivity contribution in [3.8, 4) is 33.6 Å². The lowest BCUT2D eigenvalue weighted by molar-refractivity contribution is 0.768. The highest BCUT2D eigenvalue weighted by atomic mass is 15.2. The first kappa shape index (κ1) is 16.3. The van der Waals surface area contributed by atoms with E-state index in [9.17, 15) is 0 Å². The number of hydrogen-bond acceptors (Lipinski definition) is 5. The maximum absolute atomic E-state index is 4.56. The zero-order chi connectivity index (χ0) is 19.1. The zero-order valence-electron chi connectivity index (χ0n) is 15.5. The third-order valence-corrected chi connectivity index (χ3v) is 4.73. The van der Waals surface area contributed by atoms with Crippen molar-refractivity contribution in [2.75, 3.05) is 0 Å². The SMILES string of the molecule is Cc1cncc(-c2[nH]ncc2-c2ncnc3cc(-c4cnn(C)c4)ccc23)c1. The second-order valence-corrected chi connectivity index (χ2v) is 6.77. The highest BCUT2D eigenvalue weighted by Gasteiger charge is 2.15. The van der Waals surface area contributed by atoms with Gasteiger partial charge in [-0.1, -0.05) is 6.07 Å². The van der Waals surface area contributed by atoms with Crippen molar-refractivity contribution >= 4 is 10.9 Å². The fraction of sp³-hybridized carbons (Fsp3) is 0.0952. The van der Waals surface area contributed by atoms with Gasteiger partial charge in [-0.25, -0.2) is 9.97 Å². The Kier molecular flexibility index (Phi) is 3.72. The van der Waals surface area contributed by atoms with Gasteiger partial charge in [-0.2, -0.15) is 10.2 Å². The van der Waals surface area contributed by atoms with Crippen LogP contribution in [0.25, 0.3) is 44.5 Å². The third-order valence-electron chi connectivity index (χ3n) is 4.73. The number of fused-ring (bicyclic) bond motifs is 1. The van der Waals surface area contributed by atoms with E-state index in [0.29, 0.717) is 0 Å². The molecule has 4 heterocycles. The monoisotopic (exact) mass is 367 g/mol. The molecule has 0 unspecified atom stereocenters. The molecule has 28 heavy (non-hydrogen) atoms. The molecule has 0 saturated heterocycles. The number of H-pyrrole nitrogens is 1. The Hall–Kier alpha value is -3.87. The van der Waals surface area contributed by atoms with Gasteiger partial charge < -0.3 is 0 Å². The van der Waals surface area contributed by atoms with Gasteiger partial charge in [0.2, 0.25) is 0 Å². The fourth-order valence-corrected chi connectivity index (χ4v) is 3.40. The van der Waals surface area contributed by atoms with Crippen LogP contribution in [0.4, 0.5) is 0 Å². The number of nitrogens with zero attached hydrogens (tertiary/aromatic N) is 6. The molecule has 7 nitrogen and oxygen atoms in total. The highest BCUT2D eigenvalue weighted by Crippen LogP contribution is 2.34. The molecule has 0 bridgehead atoms. The highest BCUT2D eigenvalue weighted by molar-refractivity contribution is 5.97. The Morgan fingerprint density at radius 1 is 0.929 bits per heavy atom. The predicted molar refractivity (Wildman–Crippen MR) is 107 cm³/mol. The Balaban J connectivity index is 1.66. The van der Waals surface area contributed by atoms with E-state index in [2.05, 4.69) is 54.5 Å². The summed E-state index contributed by atoms with van der Waals surface area (Å²) in [6.45, 7) is 2.02. The summed E-state index contributed by atoms with van der Waals surface area (Å²) in [7, 11) is 1.91. The minimum atomic E-state index is 0.841. The molecule has 0 aliphatic rings. The summed E-state index contributed by atoms with van der Waals surface area (Å²) in [4.78, 5) is 13.3. The van der Waals surface area contributed by atoms with Crippen LogP contribution in [0.2, 0.25) is 0 Å². The van der Waals surface area contributed by atoms with Gasteiger partial charge in [-0.15, -0.1) is 0 Å². The number of rotatable bonds is 3. The molecule has 5 rings (SSSR count). The molecule has 1 N–H and O–H groups in total. The first-order valence-electron chi connectivity index (χ1n) is 8.88. The Morgan fingerprint density at radius 2 is 1.86 bits per heavy atom. The van der Waals surface area contributed by atoms with E-state index >= 15 is 0 Å². The van der Waals surface area contributed by atoms with Crippen molar-refractivity contribution in [2.24, 2.45) is 7.05 Å². The quantitative estimate of drug-likeness (QED) is 0.524. The summed E-state index contributed by atoms with van der Waals surface area (Å²) in [6, 6.07) is 8.26. The van der Waals surface area contributed by atoms with Crippen molar-refractivity contribution in [3.05, 3.63) is 67.1 Å². The van der Waals surface area contributed by atoms with Crippen molar-refractivity contribution in [1.29, 1.82) is 0 Å². The largest absolute Gasteiger partial charge is 0.277 e. The molecule has 0 atom stereocenters. The Labute approximate surface area is 161 Å². The summed E-state index contributed by atoms with van der Waals surface area (Å²) in [6.07, 6.45) is 10.9. The van der Waals surface area contributed by atoms with Crippen LogP contribution in [0.5, 0.6) is 0 Å². The Bertz CT molecular complexity index is 1300. The van der Waals surface area contributed by atoms with Gasteiger partial charge in [0.1, 0.15) is 6.33 Å². The van der Waals surface area contributed by atoms with E-state index in [1.807, 2.05) is 38.8 Å². The maximum atomic E-state index is 4.56. The van der Waals surface area contributed by atoms with Crippen molar-refractivity contribution < 1.29 is 0 Å². The predicted octanol–water partition coefficient (Wildman–Crippen LogP) is 3.79. The molecular weight excluding hydrogens is 350 g/mol. The molecule has 4 aromatic heterocycles. The van der Waals surface area contributed by atoms with E-state index in [1.54, 1.807) is 17.2 Å². The molecule has 0 saturated carbocycles. The molecule has 0 aliphatic carbocycles. The molecular formula is C21H17N7. The van der Waals surface area contributed by atoms with E-state index < -0.39 is 0 Å². The zero-order valence-corrected chi connectivity index (χ0v) is 15.5. The smallest absolute Gasteiger partial charge is 0.116 e.